The van der Waals surface area contributed by atoms with Crippen LogP contribution in [0.4, 0.5) is 13.2 Å². The Morgan fingerprint density at radius 1 is 1.00 bits per heavy atom. The molecule has 0 N–H and O–H groups in total. The van der Waals surface area contributed by atoms with Gasteiger partial charge in [0.1, 0.15) is 12.4 Å². The summed E-state index contributed by atoms with van der Waals surface area (Å²) < 4.78 is 47.6. The molecule has 0 aromatic heterocycles. The highest BCUT2D eigenvalue weighted by molar-refractivity contribution is 5.31. The number of ether oxygens (including phenoxy) is 2. The second-order valence-corrected chi connectivity index (χ2v) is 4.88. The minimum atomic E-state index is -4.35. The Labute approximate surface area is 127 Å². The van der Waals surface area contributed by atoms with E-state index in [1.165, 1.54) is 7.11 Å². The lowest BCUT2D eigenvalue weighted by Crippen LogP contribution is -2.20. The second kappa shape index (κ2) is 7.31. The van der Waals surface area contributed by atoms with Crippen molar-refractivity contribution in [1.29, 1.82) is 0 Å². The van der Waals surface area contributed by atoms with Gasteiger partial charge < -0.3 is 9.47 Å². The molecule has 2 rings (SSSR count). The molecule has 0 saturated heterocycles. The second-order valence-electron chi connectivity index (χ2n) is 4.88. The lowest BCUT2D eigenvalue weighted by atomic mass is 10.0. The quantitative estimate of drug-likeness (QED) is 0.779. The van der Waals surface area contributed by atoms with Crippen LogP contribution in [0.15, 0.2) is 54.6 Å². The highest BCUT2D eigenvalue weighted by Gasteiger charge is 2.29. The largest absolute Gasteiger partial charge is 0.497 e. The fraction of sp³-hybridized carbons (Fsp3) is 0.294. The third-order valence-electron chi connectivity index (χ3n) is 3.18. The number of alkyl halides is 3. The van der Waals surface area contributed by atoms with Crippen LogP contribution in [0.2, 0.25) is 0 Å². The van der Waals surface area contributed by atoms with Crippen molar-refractivity contribution in [3.63, 3.8) is 0 Å². The summed E-state index contributed by atoms with van der Waals surface area (Å²) in [5.41, 5.74) is 1.57. The molecule has 0 heterocycles. The summed E-state index contributed by atoms with van der Waals surface area (Å²) in [6.45, 7) is -1.28. The lowest BCUT2D eigenvalue weighted by molar-refractivity contribution is -0.186. The Bertz CT molecular complexity index is 582. The summed E-state index contributed by atoms with van der Waals surface area (Å²) in [6, 6.07) is 16.2. The van der Waals surface area contributed by atoms with Crippen molar-refractivity contribution in [2.24, 2.45) is 0 Å². The molecule has 0 fully saturated rings. The minimum absolute atomic E-state index is 0.365. The zero-order valence-electron chi connectivity index (χ0n) is 12.1. The first kappa shape index (κ1) is 16.4. The molecule has 2 aromatic carbocycles. The van der Waals surface area contributed by atoms with Gasteiger partial charge in [0.2, 0.25) is 0 Å². The zero-order chi connectivity index (χ0) is 16.0. The van der Waals surface area contributed by atoms with E-state index in [1.54, 1.807) is 24.3 Å². The fourth-order valence-electron chi connectivity index (χ4n) is 2.14. The first-order chi connectivity index (χ1) is 10.5. The van der Waals surface area contributed by atoms with E-state index in [2.05, 4.69) is 0 Å². The number of benzene rings is 2. The number of rotatable bonds is 6. The van der Waals surface area contributed by atoms with Crippen molar-refractivity contribution < 1.29 is 22.6 Å². The Morgan fingerprint density at radius 2 is 1.73 bits per heavy atom. The van der Waals surface area contributed by atoms with Gasteiger partial charge in [0.25, 0.3) is 0 Å². The van der Waals surface area contributed by atoms with Gasteiger partial charge in [0, 0.05) is 6.42 Å². The molecule has 2 nitrogen and oxygen atoms in total. The molecule has 0 amide bonds. The molecule has 118 valence electrons. The Hall–Kier alpha value is -2.01. The summed E-state index contributed by atoms with van der Waals surface area (Å²) in [4.78, 5) is 0. The molecule has 0 aliphatic heterocycles. The molecule has 0 aliphatic carbocycles. The zero-order valence-corrected chi connectivity index (χ0v) is 12.1. The predicted octanol–water partition coefficient (Wildman–Crippen LogP) is 4.56. The van der Waals surface area contributed by atoms with E-state index in [9.17, 15) is 13.2 Å². The number of halogens is 3. The third-order valence-corrected chi connectivity index (χ3v) is 3.18. The SMILES string of the molecule is COc1cccc(C(Cc2ccccc2)OCC(F)(F)F)c1. The van der Waals surface area contributed by atoms with Crippen molar-refractivity contribution in [3.8, 4) is 5.75 Å². The van der Waals surface area contributed by atoms with Crippen LogP contribution < -0.4 is 4.74 Å². The molecule has 0 radical (unpaired) electrons. The average molecular weight is 310 g/mol. The van der Waals surface area contributed by atoms with Crippen LogP contribution in [0, 0.1) is 0 Å². The number of methoxy groups -OCH3 is 1. The van der Waals surface area contributed by atoms with Crippen LogP contribution in [0.1, 0.15) is 17.2 Å². The summed E-state index contributed by atoms with van der Waals surface area (Å²) in [7, 11) is 1.52. The highest BCUT2D eigenvalue weighted by Crippen LogP contribution is 2.28. The maximum absolute atomic E-state index is 12.5. The molecule has 0 saturated carbocycles. The van der Waals surface area contributed by atoms with Crippen LogP contribution in [-0.4, -0.2) is 19.9 Å². The molecular weight excluding hydrogens is 293 g/mol. The van der Waals surface area contributed by atoms with Gasteiger partial charge in [0.05, 0.1) is 13.2 Å². The van der Waals surface area contributed by atoms with E-state index in [4.69, 9.17) is 9.47 Å². The topological polar surface area (TPSA) is 18.5 Å². The molecule has 0 bridgehead atoms. The maximum Gasteiger partial charge on any atom is 0.411 e. The van der Waals surface area contributed by atoms with Crippen molar-refractivity contribution in [3.05, 3.63) is 65.7 Å². The smallest absolute Gasteiger partial charge is 0.411 e. The van der Waals surface area contributed by atoms with Gasteiger partial charge in [-0.1, -0.05) is 42.5 Å². The Kier molecular flexibility index (Phi) is 5.44. The maximum atomic E-state index is 12.5. The van der Waals surface area contributed by atoms with Crippen LogP contribution in [-0.2, 0) is 11.2 Å². The van der Waals surface area contributed by atoms with Gasteiger partial charge in [-0.15, -0.1) is 0 Å². The minimum Gasteiger partial charge on any atom is -0.497 e. The molecule has 0 aliphatic rings. The normalized spacial score (nSPS) is 12.9. The van der Waals surface area contributed by atoms with E-state index >= 15 is 0 Å². The van der Waals surface area contributed by atoms with Crippen LogP contribution in [0.25, 0.3) is 0 Å². The molecule has 1 atom stereocenters. The average Bonchev–Trinajstić information content (AvgIpc) is 2.51. The van der Waals surface area contributed by atoms with Crippen molar-refractivity contribution in [1.82, 2.24) is 0 Å². The standard InChI is InChI=1S/C17H17F3O2/c1-21-15-9-5-8-14(11-15)16(22-12-17(18,19)20)10-13-6-3-2-4-7-13/h2-9,11,16H,10,12H2,1H3. The van der Waals surface area contributed by atoms with Gasteiger partial charge in [0.15, 0.2) is 0 Å². The fourth-order valence-corrected chi connectivity index (χ4v) is 2.14. The van der Waals surface area contributed by atoms with Crippen molar-refractivity contribution in [2.75, 3.05) is 13.7 Å². The molecular formula is C17H17F3O2. The Morgan fingerprint density at radius 3 is 2.36 bits per heavy atom. The van der Waals surface area contributed by atoms with E-state index in [-0.39, 0.29) is 0 Å². The first-order valence-electron chi connectivity index (χ1n) is 6.84. The van der Waals surface area contributed by atoms with E-state index in [0.717, 1.165) is 5.56 Å². The number of hydrogen-bond acceptors (Lipinski definition) is 2. The van der Waals surface area contributed by atoms with Crippen molar-refractivity contribution in [2.45, 2.75) is 18.7 Å². The Balaban J connectivity index is 2.20. The molecule has 22 heavy (non-hydrogen) atoms. The highest BCUT2D eigenvalue weighted by atomic mass is 19.4. The summed E-state index contributed by atoms with van der Waals surface area (Å²) in [5, 5.41) is 0. The monoisotopic (exact) mass is 310 g/mol. The van der Waals surface area contributed by atoms with Crippen molar-refractivity contribution >= 4 is 0 Å². The van der Waals surface area contributed by atoms with E-state index in [0.29, 0.717) is 17.7 Å². The van der Waals surface area contributed by atoms with Gasteiger partial charge in [-0.25, -0.2) is 0 Å². The van der Waals surface area contributed by atoms with Gasteiger partial charge in [-0.2, -0.15) is 13.2 Å². The van der Waals surface area contributed by atoms with E-state index in [1.807, 2.05) is 30.3 Å². The molecule has 1 unspecified atom stereocenters. The van der Waals surface area contributed by atoms with Crippen LogP contribution in [0.3, 0.4) is 0 Å². The van der Waals surface area contributed by atoms with E-state index < -0.39 is 18.9 Å². The summed E-state index contributed by atoms with van der Waals surface area (Å²) in [6.07, 6.45) is -4.67. The predicted molar refractivity (Wildman–Crippen MR) is 77.9 cm³/mol. The first-order valence-corrected chi connectivity index (χ1v) is 6.84. The summed E-state index contributed by atoms with van der Waals surface area (Å²) in [5.74, 6) is 0.589. The molecule has 5 heteroatoms. The van der Waals surface area contributed by atoms with Crippen LogP contribution >= 0.6 is 0 Å². The lowest BCUT2D eigenvalue weighted by Gasteiger charge is -2.20. The molecule has 0 spiro atoms. The van der Waals surface area contributed by atoms with Gasteiger partial charge >= 0.3 is 6.18 Å². The van der Waals surface area contributed by atoms with Gasteiger partial charge in [-0.05, 0) is 23.3 Å². The number of hydrogen-bond donors (Lipinski definition) is 0. The molecule has 2 aromatic rings. The summed E-state index contributed by atoms with van der Waals surface area (Å²) >= 11 is 0. The third kappa shape index (κ3) is 5.07. The van der Waals surface area contributed by atoms with Crippen LogP contribution in [0.5, 0.6) is 5.75 Å². The van der Waals surface area contributed by atoms with Gasteiger partial charge in [-0.3, -0.25) is 0 Å².